The van der Waals surface area contributed by atoms with Gasteiger partial charge in [0.15, 0.2) is 0 Å². The van der Waals surface area contributed by atoms with E-state index in [1.807, 2.05) is 4.42 Å². The van der Waals surface area contributed by atoms with Crippen LogP contribution in [0.2, 0.25) is 0 Å². The molecule has 0 radical (unpaired) electrons. The fourth-order valence-electron chi connectivity index (χ4n) is 1.34. The van der Waals surface area contributed by atoms with Crippen molar-refractivity contribution in [3.8, 4) is 0 Å². The van der Waals surface area contributed by atoms with Gasteiger partial charge in [-0.15, -0.1) is 11.6 Å². The van der Waals surface area contributed by atoms with Crippen molar-refractivity contribution in [3.63, 3.8) is 0 Å². The highest BCUT2D eigenvalue weighted by molar-refractivity contribution is 6.17. The third-order valence-corrected chi connectivity index (χ3v) is 2.63. The fraction of sp³-hybridized carbons (Fsp3) is 1.00. The summed E-state index contributed by atoms with van der Waals surface area (Å²) >= 11 is 11.4. The highest BCUT2D eigenvalue weighted by atomic mass is 35.5. The highest BCUT2D eigenvalue weighted by Gasteiger charge is 2.16. The van der Waals surface area contributed by atoms with Crippen LogP contribution in [0.4, 0.5) is 0 Å². The Morgan fingerprint density at radius 2 is 1.90 bits per heavy atom. The monoisotopic (exact) mass is 181 g/mol. The second-order valence-electron chi connectivity index (χ2n) is 2.83. The van der Waals surface area contributed by atoms with Crippen LogP contribution in [0.1, 0.15) is 19.3 Å². The minimum atomic E-state index is 0.799. The molecule has 1 aliphatic heterocycles. The molecule has 0 atom stereocenters. The van der Waals surface area contributed by atoms with Crippen molar-refractivity contribution in [2.75, 3.05) is 19.0 Å². The molecular formula is C7H13Cl2N. The third kappa shape index (κ3) is 2.65. The van der Waals surface area contributed by atoms with Crippen molar-refractivity contribution in [3.05, 3.63) is 0 Å². The van der Waals surface area contributed by atoms with E-state index in [0.29, 0.717) is 0 Å². The van der Waals surface area contributed by atoms with Gasteiger partial charge in [0.25, 0.3) is 0 Å². The van der Waals surface area contributed by atoms with Gasteiger partial charge in [-0.25, -0.2) is 4.42 Å². The lowest BCUT2D eigenvalue weighted by Crippen LogP contribution is -2.26. The topological polar surface area (TPSA) is 3.24 Å². The number of nitrogens with zero attached hydrogens (tertiary/aromatic N) is 1. The Balaban J connectivity index is 2.13. The molecule has 0 aromatic carbocycles. The van der Waals surface area contributed by atoms with Gasteiger partial charge in [0.1, 0.15) is 0 Å². The Kier molecular flexibility index (Phi) is 3.82. The van der Waals surface area contributed by atoms with Crippen LogP contribution in [0, 0.1) is 5.92 Å². The van der Waals surface area contributed by atoms with Crippen LogP contribution in [0.5, 0.6) is 0 Å². The number of alkyl halides is 1. The molecule has 1 heterocycles. The summed E-state index contributed by atoms with van der Waals surface area (Å²) in [6.07, 6.45) is 3.60. The summed E-state index contributed by atoms with van der Waals surface area (Å²) < 4.78 is 1.87. The quantitative estimate of drug-likeness (QED) is 0.468. The van der Waals surface area contributed by atoms with Crippen molar-refractivity contribution in [2.45, 2.75) is 19.3 Å². The lowest BCUT2D eigenvalue weighted by atomic mass is 9.96. The van der Waals surface area contributed by atoms with E-state index in [1.165, 1.54) is 12.8 Å². The lowest BCUT2D eigenvalue weighted by Gasteiger charge is -2.26. The molecule has 0 N–H and O–H groups in total. The van der Waals surface area contributed by atoms with E-state index >= 15 is 0 Å². The first-order valence-electron chi connectivity index (χ1n) is 3.79. The van der Waals surface area contributed by atoms with Crippen LogP contribution < -0.4 is 0 Å². The number of hydrogen-bond donors (Lipinski definition) is 0. The molecule has 1 fully saturated rings. The number of piperidine rings is 1. The molecule has 0 unspecified atom stereocenters. The van der Waals surface area contributed by atoms with Crippen molar-refractivity contribution >= 4 is 23.4 Å². The molecule has 0 aliphatic carbocycles. The van der Waals surface area contributed by atoms with E-state index in [-0.39, 0.29) is 0 Å². The van der Waals surface area contributed by atoms with Gasteiger partial charge in [-0.05, 0) is 37.0 Å². The second kappa shape index (κ2) is 4.42. The first kappa shape index (κ1) is 8.63. The first-order valence-corrected chi connectivity index (χ1v) is 4.67. The first-order chi connectivity index (χ1) is 4.83. The number of rotatable bonds is 2. The molecule has 1 nitrogen and oxygen atoms in total. The van der Waals surface area contributed by atoms with E-state index in [2.05, 4.69) is 0 Å². The maximum absolute atomic E-state index is 5.78. The van der Waals surface area contributed by atoms with E-state index in [4.69, 9.17) is 23.4 Å². The van der Waals surface area contributed by atoms with Crippen LogP contribution in [-0.4, -0.2) is 23.4 Å². The zero-order valence-electron chi connectivity index (χ0n) is 6.02. The predicted molar refractivity (Wildman–Crippen MR) is 45.5 cm³/mol. The minimum absolute atomic E-state index is 0.799. The largest absolute Gasteiger partial charge is 0.220 e. The summed E-state index contributed by atoms with van der Waals surface area (Å²) in [6.45, 7) is 2.06. The van der Waals surface area contributed by atoms with Crippen LogP contribution in [0.25, 0.3) is 0 Å². The maximum Gasteiger partial charge on any atom is 0.0226 e. The molecule has 0 bridgehead atoms. The van der Waals surface area contributed by atoms with Crippen LogP contribution in [0.15, 0.2) is 0 Å². The second-order valence-corrected chi connectivity index (χ2v) is 3.69. The summed E-state index contributed by atoms with van der Waals surface area (Å²) in [7, 11) is 0. The van der Waals surface area contributed by atoms with Crippen molar-refractivity contribution in [1.82, 2.24) is 4.42 Å². The van der Waals surface area contributed by atoms with Gasteiger partial charge in [-0.1, -0.05) is 0 Å². The molecule has 3 heteroatoms. The summed E-state index contributed by atoms with van der Waals surface area (Å²) in [5, 5.41) is 0. The Hall–Kier alpha value is 0.540. The normalized spacial score (nSPS) is 23.4. The molecule has 0 aromatic heterocycles. The van der Waals surface area contributed by atoms with Crippen LogP contribution in [0.3, 0.4) is 0 Å². The smallest absolute Gasteiger partial charge is 0.0226 e. The molecule has 0 saturated carbocycles. The molecule has 60 valence electrons. The van der Waals surface area contributed by atoms with Crippen LogP contribution >= 0.6 is 23.4 Å². The zero-order valence-corrected chi connectivity index (χ0v) is 7.53. The third-order valence-electron chi connectivity index (χ3n) is 2.08. The Morgan fingerprint density at radius 3 is 2.40 bits per heavy atom. The Bertz CT molecular complexity index is 89.6. The standard InChI is InChI=1S/C7H13Cl2N/c8-4-1-7-2-5-10(9)6-3-7/h7H,1-6H2. The van der Waals surface area contributed by atoms with Gasteiger partial charge in [0.05, 0.1) is 0 Å². The maximum atomic E-state index is 5.78. The molecule has 1 rings (SSSR count). The summed E-state index contributed by atoms with van der Waals surface area (Å²) in [5.74, 6) is 1.62. The van der Waals surface area contributed by atoms with Gasteiger partial charge < -0.3 is 0 Å². The molecule has 0 aromatic rings. The molecule has 0 spiro atoms. The van der Waals surface area contributed by atoms with Gasteiger partial charge in [-0.2, -0.15) is 0 Å². The van der Waals surface area contributed by atoms with Crippen molar-refractivity contribution < 1.29 is 0 Å². The van der Waals surface area contributed by atoms with Gasteiger partial charge in [0.2, 0.25) is 0 Å². The summed E-state index contributed by atoms with van der Waals surface area (Å²) in [5.41, 5.74) is 0. The van der Waals surface area contributed by atoms with E-state index < -0.39 is 0 Å². The molecule has 1 aliphatic rings. The molecule has 1 saturated heterocycles. The minimum Gasteiger partial charge on any atom is -0.220 e. The van der Waals surface area contributed by atoms with Gasteiger partial charge in [0, 0.05) is 19.0 Å². The Morgan fingerprint density at radius 1 is 1.30 bits per heavy atom. The average Bonchev–Trinajstić information content (AvgIpc) is 1.95. The highest BCUT2D eigenvalue weighted by Crippen LogP contribution is 2.21. The van der Waals surface area contributed by atoms with Crippen LogP contribution in [-0.2, 0) is 0 Å². The number of hydrogen-bond acceptors (Lipinski definition) is 1. The fourth-order valence-corrected chi connectivity index (χ4v) is 1.85. The SMILES string of the molecule is ClCCC1CCN(Cl)CC1. The van der Waals surface area contributed by atoms with Gasteiger partial charge >= 0.3 is 0 Å². The van der Waals surface area contributed by atoms with Crippen molar-refractivity contribution in [2.24, 2.45) is 5.92 Å². The molecular weight excluding hydrogens is 169 g/mol. The van der Waals surface area contributed by atoms with E-state index in [9.17, 15) is 0 Å². The summed E-state index contributed by atoms with van der Waals surface area (Å²) in [6, 6.07) is 0. The van der Waals surface area contributed by atoms with Gasteiger partial charge in [-0.3, -0.25) is 0 Å². The van der Waals surface area contributed by atoms with E-state index in [0.717, 1.165) is 31.3 Å². The molecule has 10 heavy (non-hydrogen) atoms. The zero-order chi connectivity index (χ0) is 7.40. The molecule has 0 amide bonds. The average molecular weight is 182 g/mol. The summed E-state index contributed by atoms with van der Waals surface area (Å²) in [4.78, 5) is 0. The van der Waals surface area contributed by atoms with Crippen molar-refractivity contribution in [1.29, 1.82) is 0 Å². The Labute approximate surface area is 72.4 Å². The lowest BCUT2D eigenvalue weighted by molar-refractivity contribution is 0.279. The predicted octanol–water partition coefficient (Wildman–Crippen LogP) is 2.48. The van der Waals surface area contributed by atoms with E-state index in [1.54, 1.807) is 0 Å². The number of halogens is 2.